The van der Waals surface area contributed by atoms with Crippen molar-refractivity contribution in [3.63, 3.8) is 0 Å². The molecule has 3 heterocycles. The zero-order chi connectivity index (χ0) is 19.9. The first-order chi connectivity index (χ1) is 13.3. The zero-order valence-corrected chi connectivity index (χ0v) is 16.2. The first-order valence-electron chi connectivity index (χ1n) is 9.06. The molecule has 0 atom stereocenters. The third-order valence-corrected chi connectivity index (χ3v) is 5.03. The van der Waals surface area contributed by atoms with Gasteiger partial charge in [0.15, 0.2) is 11.5 Å². The molecule has 0 saturated heterocycles. The van der Waals surface area contributed by atoms with Crippen LogP contribution in [0.3, 0.4) is 0 Å². The molecule has 6 nitrogen and oxygen atoms in total. The van der Waals surface area contributed by atoms with Gasteiger partial charge in [0.05, 0.1) is 12.2 Å². The number of hydrogen-bond acceptors (Lipinski definition) is 5. The average Bonchev–Trinajstić information content (AvgIpc) is 3.39. The van der Waals surface area contributed by atoms with E-state index in [1.54, 1.807) is 0 Å². The molecule has 0 aromatic carbocycles. The molecule has 10 heteroatoms. The van der Waals surface area contributed by atoms with Gasteiger partial charge in [-0.05, 0) is 42.4 Å². The summed E-state index contributed by atoms with van der Waals surface area (Å²) in [7, 11) is 0. The summed E-state index contributed by atoms with van der Waals surface area (Å²) in [5, 5.41) is 3.07. The number of hydrogen-bond donors (Lipinski definition) is 1. The predicted molar refractivity (Wildman–Crippen MR) is 101 cm³/mol. The Morgan fingerprint density at radius 2 is 2.07 bits per heavy atom. The Bertz CT molecular complexity index is 938. The van der Waals surface area contributed by atoms with Crippen LogP contribution in [-0.2, 0) is 12.7 Å². The maximum atomic E-state index is 12.6. The van der Waals surface area contributed by atoms with Crippen molar-refractivity contribution in [1.29, 1.82) is 0 Å². The molecule has 0 unspecified atom stereocenters. The van der Waals surface area contributed by atoms with Crippen LogP contribution in [0, 0.1) is 0 Å². The van der Waals surface area contributed by atoms with Gasteiger partial charge in [-0.2, -0.15) is 13.2 Å². The minimum Gasteiger partial charge on any atom is -0.364 e. The van der Waals surface area contributed by atoms with Crippen molar-refractivity contribution >= 4 is 23.9 Å². The Morgan fingerprint density at radius 1 is 1.31 bits per heavy atom. The van der Waals surface area contributed by atoms with Crippen molar-refractivity contribution in [1.82, 2.24) is 15.0 Å². The molecule has 0 spiro atoms. The van der Waals surface area contributed by atoms with E-state index in [2.05, 4.69) is 10.1 Å². The molecular formula is C19H20ClF3N4O2. The number of rotatable bonds is 5. The minimum absolute atomic E-state index is 0. The first kappa shape index (κ1) is 21.3. The highest BCUT2D eigenvalue weighted by Crippen LogP contribution is 2.41. The number of pyridine rings is 1. The third-order valence-electron chi connectivity index (χ3n) is 5.03. The molecule has 1 saturated carbocycles. The second kappa shape index (κ2) is 8.16. The summed E-state index contributed by atoms with van der Waals surface area (Å²) in [5.74, 6) is 0.0306. The van der Waals surface area contributed by atoms with E-state index in [1.807, 2.05) is 23.1 Å². The summed E-state index contributed by atoms with van der Waals surface area (Å²) in [6.45, 7) is 1.41. The lowest BCUT2D eigenvalue weighted by molar-refractivity contribution is -0.142. The first-order valence-corrected chi connectivity index (χ1v) is 9.06. The van der Waals surface area contributed by atoms with E-state index < -0.39 is 17.8 Å². The fourth-order valence-electron chi connectivity index (χ4n) is 3.40. The number of carbonyl (C=O) groups is 1. The van der Waals surface area contributed by atoms with Gasteiger partial charge < -0.3 is 10.3 Å². The highest BCUT2D eigenvalue weighted by atomic mass is 35.5. The summed E-state index contributed by atoms with van der Waals surface area (Å²) in [6.07, 6.45) is 0.225. The van der Waals surface area contributed by atoms with Gasteiger partial charge in [0.2, 0.25) is 0 Å². The highest BCUT2D eigenvalue weighted by molar-refractivity contribution is 5.93. The molecule has 1 aliphatic carbocycles. The molecule has 2 aromatic heterocycles. The fraction of sp³-hybridized carbons (Fsp3) is 0.421. The van der Waals surface area contributed by atoms with Crippen LogP contribution in [-0.4, -0.2) is 34.0 Å². The number of aromatic nitrogens is 2. The molecule has 1 aliphatic heterocycles. The molecule has 2 aromatic rings. The quantitative estimate of drug-likeness (QED) is 0.783. The summed E-state index contributed by atoms with van der Waals surface area (Å²) >= 11 is 0. The molecular weight excluding hydrogens is 409 g/mol. The molecule has 2 aliphatic rings. The summed E-state index contributed by atoms with van der Waals surface area (Å²) in [6, 6.07) is 4.77. The van der Waals surface area contributed by atoms with Crippen LogP contribution >= 0.6 is 12.4 Å². The van der Waals surface area contributed by atoms with E-state index in [1.165, 1.54) is 0 Å². The molecule has 0 bridgehead atoms. The molecule has 4 rings (SSSR count). The predicted octanol–water partition coefficient (Wildman–Crippen LogP) is 3.78. The summed E-state index contributed by atoms with van der Waals surface area (Å²) in [4.78, 5) is 18.2. The fourth-order valence-corrected chi connectivity index (χ4v) is 3.40. The minimum atomic E-state index is -4.51. The van der Waals surface area contributed by atoms with Crippen LogP contribution in [0.25, 0.3) is 5.57 Å². The van der Waals surface area contributed by atoms with Gasteiger partial charge in [0.25, 0.3) is 5.91 Å². The van der Waals surface area contributed by atoms with Crippen LogP contribution < -0.4 is 5.73 Å². The van der Waals surface area contributed by atoms with Gasteiger partial charge >= 0.3 is 6.18 Å². The average molecular weight is 429 g/mol. The lowest BCUT2D eigenvalue weighted by atomic mass is 10.0. The number of nitrogens with two attached hydrogens (primary N) is 1. The molecule has 1 amide bonds. The van der Waals surface area contributed by atoms with Gasteiger partial charge in [-0.3, -0.25) is 9.69 Å². The number of nitrogens with zero attached hydrogens (tertiary/aromatic N) is 3. The molecule has 2 N–H and O–H groups in total. The number of primary amides is 1. The van der Waals surface area contributed by atoms with Crippen LogP contribution in [0.5, 0.6) is 0 Å². The standard InChI is InChI=1S/C19H19F3N4O2.ClH/c20-19(21,22)16-9-13(28-25-16)10-26-7-5-12(6-8-26)15-4-3-14(11-1-2-11)17(24-15)18(23)27;/h3-5,9,11H,1-2,6-8,10H2,(H2,23,27);1H. The Hall–Kier alpha value is -2.39. The monoisotopic (exact) mass is 428 g/mol. The third kappa shape index (κ3) is 4.79. The van der Waals surface area contributed by atoms with Gasteiger partial charge in [-0.25, -0.2) is 4.98 Å². The Kier molecular flexibility index (Phi) is 6.00. The molecule has 156 valence electrons. The second-order valence-electron chi connectivity index (χ2n) is 7.16. The van der Waals surface area contributed by atoms with Crippen LogP contribution in [0.4, 0.5) is 13.2 Å². The largest absolute Gasteiger partial charge is 0.436 e. The normalized spacial score (nSPS) is 17.6. The van der Waals surface area contributed by atoms with E-state index in [4.69, 9.17) is 10.3 Å². The Morgan fingerprint density at radius 3 is 2.62 bits per heavy atom. The highest BCUT2D eigenvalue weighted by Gasteiger charge is 2.35. The summed E-state index contributed by atoms with van der Waals surface area (Å²) in [5.41, 5.74) is 7.44. The van der Waals surface area contributed by atoms with Crippen molar-refractivity contribution in [2.75, 3.05) is 13.1 Å². The number of halogens is 4. The van der Waals surface area contributed by atoms with E-state index in [9.17, 15) is 18.0 Å². The maximum absolute atomic E-state index is 12.6. The number of amides is 1. The SMILES string of the molecule is Cl.NC(=O)c1nc(C2=CCN(Cc3cc(C(F)(F)F)no3)CC2)ccc1C1CC1. The van der Waals surface area contributed by atoms with Crippen molar-refractivity contribution in [3.8, 4) is 0 Å². The van der Waals surface area contributed by atoms with Gasteiger partial charge in [-0.1, -0.05) is 17.3 Å². The van der Waals surface area contributed by atoms with Crippen LogP contribution in [0.1, 0.15) is 58.4 Å². The lowest BCUT2D eigenvalue weighted by Crippen LogP contribution is -2.28. The van der Waals surface area contributed by atoms with Crippen molar-refractivity contribution in [2.45, 2.75) is 37.9 Å². The Balaban J connectivity index is 0.00000240. The van der Waals surface area contributed by atoms with Gasteiger partial charge in [0.1, 0.15) is 5.69 Å². The number of carbonyl (C=O) groups excluding carboxylic acids is 1. The van der Waals surface area contributed by atoms with Crippen molar-refractivity contribution < 1.29 is 22.5 Å². The topological polar surface area (TPSA) is 85.3 Å². The summed E-state index contributed by atoms with van der Waals surface area (Å²) < 4.78 is 42.6. The molecule has 0 radical (unpaired) electrons. The smallest absolute Gasteiger partial charge is 0.364 e. The van der Waals surface area contributed by atoms with Gasteiger partial charge in [-0.15, -0.1) is 12.4 Å². The van der Waals surface area contributed by atoms with E-state index in [0.717, 1.165) is 35.7 Å². The van der Waals surface area contributed by atoms with Crippen molar-refractivity contribution in [2.24, 2.45) is 5.73 Å². The molecule has 1 fully saturated rings. The van der Waals surface area contributed by atoms with Crippen molar-refractivity contribution in [3.05, 3.63) is 52.7 Å². The maximum Gasteiger partial charge on any atom is 0.436 e. The van der Waals surface area contributed by atoms with E-state index in [0.29, 0.717) is 31.1 Å². The Labute approximate surface area is 171 Å². The number of alkyl halides is 3. The van der Waals surface area contributed by atoms with Gasteiger partial charge in [0, 0.05) is 19.2 Å². The molecule has 29 heavy (non-hydrogen) atoms. The van der Waals surface area contributed by atoms with Crippen LogP contribution in [0.2, 0.25) is 0 Å². The second-order valence-corrected chi connectivity index (χ2v) is 7.16. The van der Waals surface area contributed by atoms with Crippen LogP contribution in [0.15, 0.2) is 28.8 Å². The lowest BCUT2D eigenvalue weighted by Gasteiger charge is -2.25. The van der Waals surface area contributed by atoms with E-state index >= 15 is 0 Å². The van der Waals surface area contributed by atoms with E-state index in [-0.39, 0.29) is 24.7 Å². The zero-order valence-electron chi connectivity index (χ0n) is 15.4.